The Bertz CT molecular complexity index is 536. The number of rotatable bonds is 7. The van der Waals surface area contributed by atoms with E-state index in [4.69, 9.17) is 4.74 Å². The van der Waals surface area contributed by atoms with Crippen molar-refractivity contribution in [3.05, 3.63) is 18.5 Å². The highest BCUT2D eigenvalue weighted by atomic mass is 16.5. The van der Waals surface area contributed by atoms with Crippen molar-refractivity contribution < 1.29 is 4.74 Å². The minimum absolute atomic E-state index is 0.320. The largest absolute Gasteiger partial charge is 0.378 e. The molecule has 6 heteroatoms. The molecule has 6 nitrogen and oxygen atoms in total. The van der Waals surface area contributed by atoms with E-state index in [0.29, 0.717) is 17.6 Å². The number of nitrogens with one attached hydrogen (secondary N) is 2. The Morgan fingerprint density at radius 2 is 2.20 bits per heavy atom. The van der Waals surface area contributed by atoms with Crippen molar-refractivity contribution in [2.75, 3.05) is 20.2 Å². The molecule has 25 heavy (non-hydrogen) atoms. The Hall–Kier alpha value is -1.56. The zero-order chi connectivity index (χ0) is 17.5. The molecule has 1 aromatic rings. The van der Waals surface area contributed by atoms with Crippen LogP contribution >= 0.6 is 0 Å². The molecule has 2 fully saturated rings. The van der Waals surface area contributed by atoms with E-state index in [1.807, 2.05) is 30.2 Å². The number of guanidine groups is 1. The van der Waals surface area contributed by atoms with Crippen molar-refractivity contribution in [1.82, 2.24) is 20.4 Å². The van der Waals surface area contributed by atoms with Crippen LogP contribution in [-0.2, 0) is 11.3 Å². The average molecular weight is 348 g/mol. The van der Waals surface area contributed by atoms with Gasteiger partial charge in [0.2, 0.25) is 0 Å². The molecule has 2 aliphatic carbocycles. The summed E-state index contributed by atoms with van der Waals surface area (Å²) in [6.07, 6.45) is 13.0. The van der Waals surface area contributed by atoms with Gasteiger partial charge in [-0.05, 0) is 38.7 Å². The van der Waals surface area contributed by atoms with E-state index in [0.717, 1.165) is 38.5 Å². The maximum absolute atomic E-state index is 6.05. The fourth-order valence-corrected chi connectivity index (χ4v) is 4.51. The summed E-state index contributed by atoms with van der Waals surface area (Å²) < 4.78 is 8.01. The number of hydrogen-bond acceptors (Lipinski definition) is 3. The first-order chi connectivity index (χ1) is 12.3. The molecule has 1 heterocycles. The van der Waals surface area contributed by atoms with Crippen molar-refractivity contribution in [3.8, 4) is 0 Å². The van der Waals surface area contributed by atoms with E-state index in [1.54, 1.807) is 0 Å². The maximum Gasteiger partial charge on any atom is 0.191 e. The van der Waals surface area contributed by atoms with Crippen molar-refractivity contribution in [2.45, 2.75) is 70.6 Å². The third-order valence-corrected chi connectivity index (χ3v) is 5.89. The molecule has 0 aromatic carbocycles. The molecule has 2 unspecified atom stereocenters. The highest BCUT2D eigenvalue weighted by Crippen LogP contribution is 2.53. The van der Waals surface area contributed by atoms with Crippen molar-refractivity contribution in [1.29, 1.82) is 0 Å². The van der Waals surface area contributed by atoms with Crippen LogP contribution in [-0.4, -0.2) is 48.1 Å². The summed E-state index contributed by atoms with van der Waals surface area (Å²) in [6.45, 7) is 4.75. The van der Waals surface area contributed by atoms with E-state index in [1.165, 1.54) is 32.1 Å². The molecule has 2 aliphatic rings. The molecule has 0 radical (unpaired) electrons. The Kier molecular flexibility index (Phi) is 6.34. The summed E-state index contributed by atoms with van der Waals surface area (Å²) >= 11 is 0. The number of aryl methyl sites for hydroxylation is 1. The van der Waals surface area contributed by atoms with Gasteiger partial charge in [0.15, 0.2) is 5.96 Å². The van der Waals surface area contributed by atoms with Crippen LogP contribution in [0.2, 0.25) is 0 Å². The van der Waals surface area contributed by atoms with Crippen molar-refractivity contribution in [3.63, 3.8) is 0 Å². The quantitative estimate of drug-likeness (QED) is 0.452. The monoisotopic (exact) mass is 347 g/mol. The first kappa shape index (κ1) is 18.2. The van der Waals surface area contributed by atoms with Gasteiger partial charge in [-0.2, -0.15) is 5.10 Å². The summed E-state index contributed by atoms with van der Waals surface area (Å²) in [5.41, 5.74) is 0.320. The summed E-state index contributed by atoms with van der Waals surface area (Å²) in [7, 11) is 1.86. The standard InChI is InChI=1S/C19H33N5O/c1-3-25-17-15-16(19(17)9-5-4-6-10-19)23-18(20-2)21-11-7-13-24-14-8-12-22-24/h8,12,14,16-17H,3-7,9-11,13,15H2,1-2H3,(H2,20,21,23). The molecule has 1 spiro atoms. The van der Waals surface area contributed by atoms with Crippen molar-refractivity contribution in [2.24, 2.45) is 10.4 Å². The Balaban J connectivity index is 1.47. The fraction of sp³-hybridized carbons (Fsp3) is 0.789. The number of aliphatic imine (C=N–C) groups is 1. The van der Waals surface area contributed by atoms with Crippen LogP contribution in [0.5, 0.6) is 0 Å². The molecule has 2 atom stereocenters. The number of aromatic nitrogens is 2. The lowest BCUT2D eigenvalue weighted by Gasteiger charge is -2.57. The van der Waals surface area contributed by atoms with Gasteiger partial charge in [-0.3, -0.25) is 9.67 Å². The van der Waals surface area contributed by atoms with E-state index in [9.17, 15) is 0 Å². The topological polar surface area (TPSA) is 63.5 Å². The molecule has 0 amide bonds. The second-order valence-electron chi connectivity index (χ2n) is 7.29. The van der Waals surface area contributed by atoms with Crippen LogP contribution in [0.1, 0.15) is 51.9 Å². The van der Waals surface area contributed by atoms with Gasteiger partial charge in [-0.15, -0.1) is 0 Å². The number of ether oxygens (including phenoxy) is 1. The van der Waals surface area contributed by atoms with Gasteiger partial charge in [0, 0.05) is 50.6 Å². The molecule has 2 saturated carbocycles. The van der Waals surface area contributed by atoms with Crippen LogP contribution in [0.25, 0.3) is 0 Å². The van der Waals surface area contributed by atoms with Gasteiger partial charge in [-0.1, -0.05) is 19.3 Å². The maximum atomic E-state index is 6.05. The minimum Gasteiger partial charge on any atom is -0.378 e. The molecule has 0 saturated heterocycles. The van der Waals surface area contributed by atoms with Gasteiger partial charge in [0.1, 0.15) is 0 Å². The summed E-state index contributed by atoms with van der Waals surface area (Å²) in [4.78, 5) is 4.42. The molecule has 3 rings (SSSR count). The molecule has 2 N–H and O–H groups in total. The first-order valence-corrected chi connectivity index (χ1v) is 9.84. The Morgan fingerprint density at radius 1 is 1.36 bits per heavy atom. The summed E-state index contributed by atoms with van der Waals surface area (Å²) in [5, 5.41) is 11.4. The van der Waals surface area contributed by atoms with E-state index in [2.05, 4.69) is 27.6 Å². The van der Waals surface area contributed by atoms with Gasteiger partial charge in [-0.25, -0.2) is 0 Å². The van der Waals surface area contributed by atoms with Gasteiger partial charge in [0.05, 0.1) is 6.10 Å². The lowest BCUT2D eigenvalue weighted by molar-refractivity contribution is -0.145. The van der Waals surface area contributed by atoms with Crippen LogP contribution < -0.4 is 10.6 Å². The fourth-order valence-electron chi connectivity index (χ4n) is 4.51. The SMILES string of the molecule is CCOC1CC(NC(=NC)NCCCn2cccn2)C12CCCCC2. The Morgan fingerprint density at radius 3 is 2.88 bits per heavy atom. The van der Waals surface area contributed by atoms with Crippen LogP contribution in [0.15, 0.2) is 23.5 Å². The Labute approximate surface area is 151 Å². The van der Waals surface area contributed by atoms with Crippen molar-refractivity contribution >= 4 is 5.96 Å². The third-order valence-electron chi connectivity index (χ3n) is 5.89. The molecular formula is C19H33N5O. The molecule has 140 valence electrons. The zero-order valence-electron chi connectivity index (χ0n) is 15.7. The third kappa shape index (κ3) is 4.17. The van der Waals surface area contributed by atoms with E-state index in [-0.39, 0.29) is 0 Å². The van der Waals surface area contributed by atoms with E-state index >= 15 is 0 Å². The summed E-state index contributed by atoms with van der Waals surface area (Å²) in [6, 6.07) is 2.45. The molecular weight excluding hydrogens is 314 g/mol. The smallest absolute Gasteiger partial charge is 0.191 e. The highest BCUT2D eigenvalue weighted by Gasteiger charge is 2.55. The second kappa shape index (κ2) is 8.70. The molecule has 0 aliphatic heterocycles. The zero-order valence-corrected chi connectivity index (χ0v) is 15.7. The predicted octanol–water partition coefficient (Wildman–Crippen LogP) is 2.57. The first-order valence-electron chi connectivity index (χ1n) is 9.84. The highest BCUT2D eigenvalue weighted by molar-refractivity contribution is 5.80. The summed E-state index contributed by atoms with van der Waals surface area (Å²) in [5.74, 6) is 0.922. The predicted molar refractivity (Wildman–Crippen MR) is 101 cm³/mol. The second-order valence-corrected chi connectivity index (χ2v) is 7.29. The van der Waals surface area contributed by atoms with Crippen LogP contribution in [0.4, 0.5) is 0 Å². The average Bonchev–Trinajstić information content (AvgIpc) is 3.17. The lowest BCUT2D eigenvalue weighted by Crippen LogP contribution is -2.66. The molecule has 0 bridgehead atoms. The molecule has 1 aromatic heterocycles. The van der Waals surface area contributed by atoms with E-state index < -0.39 is 0 Å². The minimum atomic E-state index is 0.320. The van der Waals surface area contributed by atoms with Crippen LogP contribution in [0.3, 0.4) is 0 Å². The normalized spacial score (nSPS) is 25.6. The number of hydrogen-bond donors (Lipinski definition) is 2. The van der Waals surface area contributed by atoms with Crippen LogP contribution in [0, 0.1) is 5.41 Å². The number of nitrogens with zero attached hydrogens (tertiary/aromatic N) is 3. The van der Waals surface area contributed by atoms with Gasteiger partial charge >= 0.3 is 0 Å². The van der Waals surface area contributed by atoms with Gasteiger partial charge in [0.25, 0.3) is 0 Å². The lowest BCUT2D eigenvalue weighted by atomic mass is 9.55. The van der Waals surface area contributed by atoms with Gasteiger partial charge < -0.3 is 15.4 Å².